The summed E-state index contributed by atoms with van der Waals surface area (Å²) in [5.41, 5.74) is 5.77. The summed E-state index contributed by atoms with van der Waals surface area (Å²) in [6.07, 6.45) is 7.47. The van der Waals surface area contributed by atoms with Crippen LogP contribution in [0.3, 0.4) is 0 Å². The number of carbonyl (C=O) groups is 3. The van der Waals surface area contributed by atoms with E-state index in [1.807, 2.05) is 12.3 Å². The Bertz CT molecular complexity index is 1700. The SMILES string of the molecule is CN(C)C1(c2ccccc2)CC=C(c2[nH]c3ccc(-c4cccnc4)cc3c2CCO)CC1.O=C(O)CC(O)(CC(=O)O)C(=O)O. The number of hydrogen-bond acceptors (Lipinski definition) is 7. The summed E-state index contributed by atoms with van der Waals surface area (Å²) in [7, 11) is 4.37. The van der Waals surface area contributed by atoms with E-state index in [1.54, 1.807) is 6.20 Å². The second kappa shape index (κ2) is 14.5. The number of rotatable bonds is 11. The van der Waals surface area contributed by atoms with Crippen molar-refractivity contribution >= 4 is 34.4 Å². The van der Waals surface area contributed by atoms with Gasteiger partial charge in [0.05, 0.1) is 12.8 Å². The van der Waals surface area contributed by atoms with Gasteiger partial charge in [-0.3, -0.25) is 19.5 Å². The van der Waals surface area contributed by atoms with Crippen LogP contribution in [0, 0.1) is 0 Å². The van der Waals surface area contributed by atoms with E-state index in [2.05, 4.69) is 89.6 Å². The number of carboxylic acid groups (broad SMARTS) is 3. The number of aliphatic carboxylic acids is 3. The maximum absolute atomic E-state index is 10.3. The average molecular weight is 630 g/mol. The van der Waals surface area contributed by atoms with E-state index in [0.717, 1.165) is 35.9 Å². The molecule has 0 amide bonds. The van der Waals surface area contributed by atoms with Gasteiger partial charge >= 0.3 is 17.9 Å². The minimum Gasteiger partial charge on any atom is -0.481 e. The number of aliphatic hydroxyl groups excluding tert-OH is 1. The zero-order valence-electron chi connectivity index (χ0n) is 25.8. The van der Waals surface area contributed by atoms with E-state index < -0.39 is 36.4 Å². The summed E-state index contributed by atoms with van der Waals surface area (Å²) in [4.78, 5) is 40.8. The number of aromatic nitrogens is 2. The van der Waals surface area contributed by atoms with Crippen LogP contribution in [-0.2, 0) is 26.3 Å². The van der Waals surface area contributed by atoms with Gasteiger partial charge in [0.15, 0.2) is 5.60 Å². The summed E-state index contributed by atoms with van der Waals surface area (Å²) >= 11 is 0. The van der Waals surface area contributed by atoms with Gasteiger partial charge in [-0.15, -0.1) is 0 Å². The third-order valence-corrected chi connectivity index (χ3v) is 8.53. The highest BCUT2D eigenvalue weighted by atomic mass is 16.4. The Morgan fingerprint density at radius 1 is 0.957 bits per heavy atom. The van der Waals surface area contributed by atoms with Crippen LogP contribution in [0.4, 0.5) is 0 Å². The summed E-state index contributed by atoms with van der Waals surface area (Å²) in [5.74, 6) is -5.02. The van der Waals surface area contributed by atoms with Crippen molar-refractivity contribution in [3.8, 4) is 11.1 Å². The molecular formula is C35H39N3O8. The number of H-pyrrole nitrogens is 1. The van der Waals surface area contributed by atoms with Crippen molar-refractivity contribution in [2.45, 2.75) is 49.7 Å². The van der Waals surface area contributed by atoms with Crippen LogP contribution in [0.25, 0.3) is 27.6 Å². The van der Waals surface area contributed by atoms with Crippen molar-refractivity contribution in [3.05, 3.63) is 96.0 Å². The van der Waals surface area contributed by atoms with Crippen molar-refractivity contribution in [2.24, 2.45) is 0 Å². The molecule has 242 valence electrons. The monoisotopic (exact) mass is 629 g/mol. The predicted molar refractivity (Wildman–Crippen MR) is 173 cm³/mol. The first-order chi connectivity index (χ1) is 21.9. The van der Waals surface area contributed by atoms with Gasteiger partial charge in [-0.05, 0) is 80.2 Å². The van der Waals surface area contributed by atoms with E-state index in [9.17, 15) is 19.5 Å². The number of nitrogens with one attached hydrogen (secondary N) is 1. The zero-order chi connectivity index (χ0) is 33.5. The third kappa shape index (κ3) is 7.51. The highest BCUT2D eigenvalue weighted by molar-refractivity contribution is 5.93. The lowest BCUT2D eigenvalue weighted by Gasteiger charge is -2.43. The first-order valence-electron chi connectivity index (χ1n) is 14.9. The molecule has 5 rings (SSSR count). The van der Waals surface area contributed by atoms with Gasteiger partial charge in [-0.2, -0.15) is 0 Å². The summed E-state index contributed by atoms with van der Waals surface area (Å²) in [5, 5.41) is 44.9. The van der Waals surface area contributed by atoms with Crippen LogP contribution < -0.4 is 0 Å². The highest BCUT2D eigenvalue weighted by Gasteiger charge is 2.41. The van der Waals surface area contributed by atoms with E-state index in [0.29, 0.717) is 6.42 Å². The van der Waals surface area contributed by atoms with Crippen molar-refractivity contribution < 1.29 is 39.9 Å². The minimum absolute atomic E-state index is 0.0153. The Kier molecular flexibility index (Phi) is 10.7. The Labute approximate surface area is 266 Å². The minimum atomic E-state index is -2.74. The predicted octanol–water partition coefficient (Wildman–Crippen LogP) is 4.54. The molecule has 0 spiro atoms. The second-order valence-electron chi connectivity index (χ2n) is 11.7. The Balaban J connectivity index is 0.000000315. The Morgan fingerprint density at radius 3 is 2.17 bits per heavy atom. The molecule has 0 saturated heterocycles. The number of benzene rings is 2. The normalized spacial score (nSPS) is 16.4. The van der Waals surface area contributed by atoms with Crippen molar-refractivity contribution in [2.75, 3.05) is 20.7 Å². The smallest absolute Gasteiger partial charge is 0.336 e. The summed E-state index contributed by atoms with van der Waals surface area (Å²) in [6, 6.07) is 21.4. The van der Waals surface area contributed by atoms with Gasteiger partial charge in [-0.25, -0.2) is 4.79 Å². The molecule has 1 aliphatic carbocycles. The molecule has 2 aromatic carbocycles. The fourth-order valence-corrected chi connectivity index (χ4v) is 6.06. The standard InChI is InChI=1S/C29H31N3O.C6H8O7/c1-32(2)29(24-8-4-3-5-9-24)15-12-21(13-16-29)28-25(14-18-33)26-19-22(10-11-27(26)31-28)23-7-6-17-30-20-23;7-3(8)1-6(13,5(11)12)2-4(9)10/h3-12,17,19-20,31,33H,13-16,18H2,1-2H3;13H,1-2H2,(H,7,8)(H,9,10)(H,11,12). The van der Waals surface area contributed by atoms with Gasteiger partial charge in [-0.1, -0.05) is 48.5 Å². The van der Waals surface area contributed by atoms with Gasteiger partial charge < -0.3 is 30.5 Å². The molecule has 0 radical (unpaired) electrons. The number of hydrogen-bond donors (Lipinski definition) is 6. The van der Waals surface area contributed by atoms with E-state index in [-0.39, 0.29) is 12.1 Å². The zero-order valence-corrected chi connectivity index (χ0v) is 25.8. The van der Waals surface area contributed by atoms with Crippen LogP contribution in [0.15, 0.2) is 79.1 Å². The van der Waals surface area contributed by atoms with Crippen LogP contribution >= 0.6 is 0 Å². The lowest BCUT2D eigenvalue weighted by atomic mass is 9.75. The fourth-order valence-electron chi connectivity index (χ4n) is 6.06. The number of aliphatic hydroxyl groups is 2. The highest BCUT2D eigenvalue weighted by Crippen LogP contribution is 2.44. The van der Waals surface area contributed by atoms with Gasteiger partial charge in [0.1, 0.15) is 0 Å². The Morgan fingerprint density at radius 2 is 1.65 bits per heavy atom. The van der Waals surface area contributed by atoms with Crippen molar-refractivity contribution in [3.63, 3.8) is 0 Å². The number of carboxylic acids is 3. The van der Waals surface area contributed by atoms with Crippen LogP contribution in [-0.4, -0.2) is 84.6 Å². The molecule has 11 heteroatoms. The van der Waals surface area contributed by atoms with E-state index in [1.165, 1.54) is 27.8 Å². The van der Waals surface area contributed by atoms with Gasteiger partial charge in [0.2, 0.25) is 0 Å². The molecule has 4 aromatic rings. The van der Waals surface area contributed by atoms with Gasteiger partial charge in [0, 0.05) is 46.7 Å². The number of nitrogens with zero attached hydrogens (tertiary/aromatic N) is 2. The molecule has 0 fully saturated rings. The molecule has 1 atom stereocenters. The van der Waals surface area contributed by atoms with Crippen LogP contribution in [0.1, 0.15) is 48.9 Å². The molecule has 0 bridgehead atoms. The molecule has 2 aromatic heterocycles. The van der Waals surface area contributed by atoms with Crippen LogP contribution in [0.5, 0.6) is 0 Å². The second-order valence-corrected chi connectivity index (χ2v) is 11.7. The molecule has 1 aliphatic rings. The van der Waals surface area contributed by atoms with Crippen molar-refractivity contribution in [1.29, 1.82) is 0 Å². The molecular weight excluding hydrogens is 590 g/mol. The Hall–Kier alpha value is -4.84. The molecule has 2 heterocycles. The van der Waals surface area contributed by atoms with Crippen LogP contribution in [0.2, 0.25) is 0 Å². The largest absolute Gasteiger partial charge is 0.481 e. The first kappa shape index (κ1) is 34.0. The average Bonchev–Trinajstić information content (AvgIpc) is 3.39. The van der Waals surface area contributed by atoms with E-state index in [4.69, 9.17) is 20.4 Å². The number of fused-ring (bicyclic) bond motifs is 1. The maximum Gasteiger partial charge on any atom is 0.336 e. The lowest BCUT2D eigenvalue weighted by molar-refractivity contribution is -0.170. The molecule has 6 N–H and O–H groups in total. The fraction of sp³-hybridized carbons (Fsp3) is 0.314. The topological polar surface area (TPSA) is 184 Å². The van der Waals surface area contributed by atoms with Crippen molar-refractivity contribution in [1.82, 2.24) is 14.9 Å². The summed E-state index contributed by atoms with van der Waals surface area (Å²) < 4.78 is 0. The molecule has 1 unspecified atom stereocenters. The van der Waals surface area contributed by atoms with Gasteiger partial charge in [0.25, 0.3) is 0 Å². The maximum atomic E-state index is 10.3. The first-order valence-corrected chi connectivity index (χ1v) is 14.9. The quantitative estimate of drug-likeness (QED) is 0.138. The number of allylic oxidation sites excluding steroid dienone is 1. The number of aromatic amines is 1. The van der Waals surface area contributed by atoms with E-state index >= 15 is 0 Å². The number of pyridine rings is 1. The third-order valence-electron chi connectivity index (χ3n) is 8.53. The molecule has 0 saturated carbocycles. The molecule has 11 nitrogen and oxygen atoms in total. The summed E-state index contributed by atoms with van der Waals surface area (Å²) in [6.45, 7) is 0.135. The molecule has 0 aliphatic heterocycles. The lowest BCUT2D eigenvalue weighted by Crippen LogP contribution is -2.42. The molecule has 46 heavy (non-hydrogen) atoms.